The van der Waals surface area contributed by atoms with Gasteiger partial charge < -0.3 is 30.0 Å². The van der Waals surface area contributed by atoms with Crippen molar-refractivity contribution in [3.05, 3.63) is 53.2 Å². The number of methoxy groups -OCH3 is 2. The van der Waals surface area contributed by atoms with Crippen molar-refractivity contribution in [2.24, 2.45) is 0 Å². The number of carbonyl (C=O) groups is 3. The molecule has 13 nitrogen and oxygen atoms in total. The zero-order chi connectivity index (χ0) is 30.4. The van der Waals surface area contributed by atoms with E-state index in [2.05, 4.69) is 25.2 Å². The third-order valence-electron chi connectivity index (χ3n) is 5.91. The van der Waals surface area contributed by atoms with E-state index in [1.807, 2.05) is 0 Å². The molecule has 0 radical (unpaired) electrons. The van der Waals surface area contributed by atoms with Gasteiger partial charge in [0.1, 0.15) is 28.8 Å². The number of pyridine rings is 1. The molecule has 1 fully saturated rings. The minimum absolute atomic E-state index is 0.0246. The highest BCUT2D eigenvalue weighted by molar-refractivity contribution is 8.03. The van der Waals surface area contributed by atoms with Crippen molar-refractivity contribution in [1.82, 2.24) is 19.9 Å². The normalized spacial score (nSPS) is 14.9. The van der Waals surface area contributed by atoms with Gasteiger partial charge in [-0.05, 0) is 44.0 Å². The number of urea groups is 1. The highest BCUT2D eigenvalue weighted by Crippen LogP contribution is 2.41. The number of hydrogen-bond acceptors (Lipinski definition) is 9. The molecular formula is C26H29ClN5O8PS. The minimum Gasteiger partial charge on any atom is -0.496 e. The Morgan fingerprint density at radius 3 is 2.57 bits per heavy atom. The predicted octanol–water partition coefficient (Wildman–Crippen LogP) is 5.21. The van der Waals surface area contributed by atoms with Gasteiger partial charge in [-0.1, -0.05) is 23.5 Å². The molecule has 16 heteroatoms. The van der Waals surface area contributed by atoms with Crippen molar-refractivity contribution in [2.75, 3.05) is 25.9 Å². The number of ether oxygens (including phenoxy) is 3. The molecule has 3 amide bonds. The third kappa shape index (κ3) is 8.05. The van der Waals surface area contributed by atoms with Gasteiger partial charge >= 0.3 is 12.0 Å². The summed E-state index contributed by atoms with van der Waals surface area (Å²) in [5.41, 5.74) is 0.887. The van der Waals surface area contributed by atoms with Crippen LogP contribution in [0.4, 0.5) is 10.5 Å². The van der Waals surface area contributed by atoms with Crippen LogP contribution in [-0.4, -0.2) is 59.9 Å². The van der Waals surface area contributed by atoms with E-state index in [0.29, 0.717) is 40.0 Å². The second-order valence-corrected chi connectivity index (χ2v) is 13.3. The smallest absolute Gasteiger partial charge is 0.319 e. The topological polar surface area (TPSA) is 177 Å². The average molecular weight is 638 g/mol. The number of carboxylic acid groups (broad SMARTS) is 1. The molecule has 1 aliphatic carbocycles. The first-order valence-corrected chi connectivity index (χ1v) is 15.7. The molecule has 0 aliphatic heterocycles. The summed E-state index contributed by atoms with van der Waals surface area (Å²) >= 11 is 7.07. The van der Waals surface area contributed by atoms with Crippen LogP contribution in [0, 0.1) is 0 Å². The van der Waals surface area contributed by atoms with Crippen LogP contribution in [0.15, 0.2) is 42.6 Å². The van der Waals surface area contributed by atoms with Crippen molar-refractivity contribution in [1.29, 1.82) is 0 Å². The van der Waals surface area contributed by atoms with Crippen LogP contribution < -0.4 is 29.7 Å². The Hall–Kier alpha value is -3.55. The summed E-state index contributed by atoms with van der Waals surface area (Å²) in [4.78, 5) is 40.9. The van der Waals surface area contributed by atoms with Crippen LogP contribution in [0.3, 0.4) is 0 Å². The number of carboxylic acids is 1. The summed E-state index contributed by atoms with van der Waals surface area (Å²) in [5.74, 6) is -1.03. The van der Waals surface area contributed by atoms with E-state index in [0.717, 1.165) is 12.8 Å². The molecule has 1 saturated carbocycles. The molecule has 0 saturated heterocycles. The number of nitrogens with zero attached hydrogens (tertiary/aromatic N) is 1. The van der Waals surface area contributed by atoms with Gasteiger partial charge in [-0.3, -0.25) is 24.2 Å². The maximum absolute atomic E-state index is 13.4. The van der Waals surface area contributed by atoms with Gasteiger partial charge in [-0.15, -0.1) is 0 Å². The summed E-state index contributed by atoms with van der Waals surface area (Å²) in [6, 6.07) is 9.25. The van der Waals surface area contributed by atoms with E-state index in [-0.39, 0.29) is 28.4 Å². The van der Waals surface area contributed by atoms with Crippen LogP contribution >= 0.6 is 31.0 Å². The van der Waals surface area contributed by atoms with Crippen LogP contribution in [0.2, 0.25) is 5.02 Å². The first-order valence-electron chi connectivity index (χ1n) is 12.6. The standard InChI is InChI=1S/C26H29ClN5O8PS/c1-14(25(34)35)42-32-41(37,13-38-2)31-24(33)18-11-17-21(12-23(18)39-3)28-9-8-22(17)40-16-6-7-20(19(27)10-16)30-26(36)29-15-4-5-15/h6-12,14-15H,4-5,13H2,1-3H3,(H,34,35)(H2,29,30,36)(H2,31,32,33,37)/t14-,41?/m0/s1. The monoisotopic (exact) mass is 637 g/mol. The number of fused-ring (bicyclic) bond motifs is 1. The maximum atomic E-state index is 13.4. The Morgan fingerprint density at radius 1 is 1.17 bits per heavy atom. The molecule has 224 valence electrons. The number of nitrogens with one attached hydrogen (secondary N) is 4. The molecule has 5 N–H and O–H groups in total. The lowest BCUT2D eigenvalue weighted by Crippen LogP contribution is -2.30. The Balaban J connectivity index is 1.58. The number of anilines is 1. The number of benzene rings is 2. The summed E-state index contributed by atoms with van der Waals surface area (Å²) in [6.07, 6.45) is 3.04. The van der Waals surface area contributed by atoms with Gasteiger partial charge in [0, 0.05) is 36.9 Å². The van der Waals surface area contributed by atoms with E-state index in [1.165, 1.54) is 39.5 Å². The fraction of sp³-hybridized carbons (Fsp3) is 0.308. The van der Waals surface area contributed by atoms with Crippen LogP contribution in [-0.2, 0) is 14.1 Å². The second-order valence-electron chi connectivity index (χ2n) is 9.28. The molecule has 1 aromatic heterocycles. The Morgan fingerprint density at radius 2 is 1.93 bits per heavy atom. The lowest BCUT2D eigenvalue weighted by Gasteiger charge is -2.21. The van der Waals surface area contributed by atoms with Crippen LogP contribution in [0.5, 0.6) is 17.2 Å². The first-order chi connectivity index (χ1) is 20.0. The maximum Gasteiger partial charge on any atom is 0.319 e. The van der Waals surface area contributed by atoms with Gasteiger partial charge in [0.2, 0.25) is 0 Å². The van der Waals surface area contributed by atoms with Crippen LogP contribution in [0.25, 0.3) is 10.9 Å². The zero-order valence-corrected chi connectivity index (χ0v) is 25.3. The Labute approximate surface area is 250 Å². The summed E-state index contributed by atoms with van der Waals surface area (Å²) in [6.45, 7) is 1.41. The fourth-order valence-corrected chi connectivity index (χ4v) is 6.55. The molecule has 2 aromatic carbocycles. The summed E-state index contributed by atoms with van der Waals surface area (Å²) < 4.78 is 32.4. The number of halogens is 1. The molecule has 3 aromatic rings. The van der Waals surface area contributed by atoms with Gasteiger partial charge in [-0.2, -0.15) is 4.49 Å². The van der Waals surface area contributed by atoms with Gasteiger partial charge in [-0.25, -0.2) is 4.79 Å². The van der Waals surface area contributed by atoms with E-state index in [4.69, 9.17) is 30.9 Å². The van der Waals surface area contributed by atoms with E-state index < -0.39 is 30.9 Å². The van der Waals surface area contributed by atoms with Gasteiger partial charge in [0.15, 0.2) is 0 Å². The number of amides is 3. The number of rotatable bonds is 13. The Kier molecular flexibility index (Phi) is 10.2. The first kappa shape index (κ1) is 31.4. The third-order valence-corrected chi connectivity index (χ3v) is 9.57. The molecule has 0 bridgehead atoms. The van der Waals surface area contributed by atoms with Crippen molar-refractivity contribution in [3.63, 3.8) is 0 Å². The summed E-state index contributed by atoms with van der Waals surface area (Å²) in [5, 5.41) is 16.9. The quantitative estimate of drug-likeness (QED) is 0.123. The van der Waals surface area contributed by atoms with Crippen molar-refractivity contribution < 1.29 is 38.3 Å². The number of aromatic nitrogens is 1. The number of aliphatic carboxylic acids is 1. The van der Waals surface area contributed by atoms with Crippen LogP contribution in [0.1, 0.15) is 30.1 Å². The summed E-state index contributed by atoms with van der Waals surface area (Å²) in [7, 11) is -1.07. The molecule has 1 heterocycles. The van der Waals surface area contributed by atoms with Crippen molar-refractivity contribution in [3.8, 4) is 17.2 Å². The van der Waals surface area contributed by atoms with Gasteiger partial charge in [0.25, 0.3) is 13.4 Å². The molecule has 42 heavy (non-hydrogen) atoms. The van der Waals surface area contributed by atoms with Crippen molar-refractivity contribution in [2.45, 2.75) is 31.1 Å². The molecule has 0 spiro atoms. The highest BCUT2D eigenvalue weighted by atomic mass is 35.5. The highest BCUT2D eigenvalue weighted by Gasteiger charge is 2.29. The zero-order valence-electron chi connectivity index (χ0n) is 22.8. The number of carbonyl (C=O) groups excluding carboxylic acids is 2. The molecule has 1 unspecified atom stereocenters. The van der Waals surface area contributed by atoms with Crippen molar-refractivity contribution >= 4 is 65.5 Å². The largest absolute Gasteiger partial charge is 0.496 e. The SMILES string of the molecule is COCP(=O)(NS[C@@H](C)C(=O)O)NC(=O)c1cc2c(Oc3ccc(NC(=O)NC4CC4)c(Cl)c3)ccnc2cc1OC. The van der Waals surface area contributed by atoms with Gasteiger partial charge in [0.05, 0.1) is 28.9 Å². The van der Waals surface area contributed by atoms with E-state index >= 15 is 0 Å². The molecule has 2 atom stereocenters. The number of hydrogen-bond donors (Lipinski definition) is 5. The Bertz CT molecular complexity index is 1560. The minimum atomic E-state index is -3.74. The molecule has 1 aliphatic rings. The molecule has 4 rings (SSSR count). The molecular weight excluding hydrogens is 609 g/mol. The van der Waals surface area contributed by atoms with E-state index in [9.17, 15) is 18.9 Å². The second kappa shape index (κ2) is 13.6. The lowest BCUT2D eigenvalue weighted by molar-refractivity contribution is -0.136. The van der Waals surface area contributed by atoms with E-state index in [1.54, 1.807) is 24.3 Å². The predicted molar refractivity (Wildman–Crippen MR) is 160 cm³/mol. The lowest BCUT2D eigenvalue weighted by atomic mass is 10.1. The average Bonchev–Trinajstić information content (AvgIpc) is 3.76. The fourth-order valence-electron chi connectivity index (χ4n) is 3.64.